The van der Waals surface area contributed by atoms with Crippen molar-refractivity contribution < 1.29 is 13.2 Å². The van der Waals surface area contributed by atoms with Crippen molar-refractivity contribution in [3.05, 3.63) is 27.7 Å². The molecule has 0 saturated carbocycles. The maximum absolute atomic E-state index is 12.3. The van der Waals surface area contributed by atoms with Crippen LogP contribution >= 0.6 is 27.5 Å². The van der Waals surface area contributed by atoms with E-state index >= 15 is 0 Å². The second-order valence-electron chi connectivity index (χ2n) is 2.66. The van der Waals surface area contributed by atoms with Crippen molar-refractivity contribution in [2.45, 2.75) is 12.1 Å². The summed E-state index contributed by atoms with van der Waals surface area (Å²) >= 11 is 8.50. The highest BCUT2D eigenvalue weighted by Gasteiger charge is 2.31. The van der Waals surface area contributed by atoms with Crippen molar-refractivity contribution in [3.8, 4) is 0 Å². The predicted octanol–water partition coefficient (Wildman–Crippen LogP) is 3.79. The van der Waals surface area contributed by atoms with Crippen molar-refractivity contribution in [2.24, 2.45) is 0 Å². The molecule has 0 aliphatic carbocycles. The first-order valence-electron chi connectivity index (χ1n) is 3.57. The van der Waals surface area contributed by atoms with Gasteiger partial charge in [-0.2, -0.15) is 13.2 Å². The number of benzene rings is 1. The summed E-state index contributed by atoms with van der Waals surface area (Å²) in [5.41, 5.74) is 5.15. The molecule has 2 N–H and O–H groups in total. The summed E-state index contributed by atoms with van der Waals surface area (Å²) in [6, 6.07) is 1.84. The van der Waals surface area contributed by atoms with Gasteiger partial charge in [-0.05, 0) is 12.1 Å². The molecule has 0 saturated heterocycles. The van der Waals surface area contributed by atoms with Crippen LogP contribution in [0.15, 0.2) is 16.6 Å². The normalized spacial score (nSPS) is 11.8. The Morgan fingerprint density at radius 2 is 1.93 bits per heavy atom. The van der Waals surface area contributed by atoms with E-state index in [1.807, 2.05) is 0 Å². The molecule has 0 spiro atoms. The maximum Gasteiger partial charge on any atom is 0.416 e. The van der Waals surface area contributed by atoms with Gasteiger partial charge >= 0.3 is 6.18 Å². The predicted molar refractivity (Wildman–Crippen MR) is 53.1 cm³/mol. The minimum atomic E-state index is -4.39. The molecule has 0 atom stereocenters. The third-order valence-corrected chi connectivity index (χ3v) is 2.67. The molecule has 14 heavy (non-hydrogen) atoms. The highest BCUT2D eigenvalue weighted by Crippen LogP contribution is 2.35. The van der Waals surface area contributed by atoms with E-state index in [0.29, 0.717) is 5.56 Å². The molecule has 0 bridgehead atoms. The molecule has 6 heteroatoms. The van der Waals surface area contributed by atoms with E-state index < -0.39 is 11.7 Å². The van der Waals surface area contributed by atoms with Crippen molar-refractivity contribution in [1.29, 1.82) is 0 Å². The molecule has 0 unspecified atom stereocenters. The third-order valence-electron chi connectivity index (χ3n) is 1.69. The molecule has 1 nitrogen and oxygen atoms in total. The van der Waals surface area contributed by atoms with Crippen LogP contribution in [0.3, 0.4) is 0 Å². The van der Waals surface area contributed by atoms with Crippen LogP contribution in [0.2, 0.25) is 0 Å². The number of nitrogens with two attached hydrogens (primary N) is 1. The van der Waals surface area contributed by atoms with Gasteiger partial charge in [-0.1, -0.05) is 15.9 Å². The standard InChI is InChI=1S/C8H6BrClF3N/c9-6-1-4(8(11,12)13)2-7(14)5(6)3-10/h1-2H,3,14H2. The molecular formula is C8H6BrClF3N. The van der Waals surface area contributed by atoms with Gasteiger partial charge in [0.1, 0.15) is 0 Å². The molecule has 0 radical (unpaired) electrons. The van der Waals surface area contributed by atoms with E-state index in [4.69, 9.17) is 17.3 Å². The summed E-state index contributed by atoms with van der Waals surface area (Å²) < 4.78 is 37.1. The van der Waals surface area contributed by atoms with Crippen LogP contribution in [0.4, 0.5) is 18.9 Å². The first-order valence-corrected chi connectivity index (χ1v) is 4.90. The first kappa shape index (κ1) is 11.7. The lowest BCUT2D eigenvalue weighted by molar-refractivity contribution is -0.137. The van der Waals surface area contributed by atoms with Gasteiger partial charge in [0.15, 0.2) is 0 Å². The lowest BCUT2D eigenvalue weighted by Crippen LogP contribution is -2.07. The fourth-order valence-electron chi connectivity index (χ4n) is 0.962. The van der Waals surface area contributed by atoms with E-state index in [1.165, 1.54) is 0 Å². The quantitative estimate of drug-likeness (QED) is 0.617. The molecule has 0 aliphatic heterocycles. The third kappa shape index (κ3) is 2.33. The number of halogens is 5. The number of nitrogen functional groups attached to an aromatic ring is 1. The average molecular weight is 288 g/mol. The Balaban J connectivity index is 3.28. The molecular weight excluding hydrogens is 282 g/mol. The average Bonchev–Trinajstić information content (AvgIpc) is 2.01. The highest BCUT2D eigenvalue weighted by atomic mass is 79.9. The molecule has 1 aromatic carbocycles. The van der Waals surface area contributed by atoms with E-state index in [9.17, 15) is 13.2 Å². The Hall–Kier alpha value is -0.420. The minimum Gasteiger partial charge on any atom is -0.398 e. The fourth-order valence-corrected chi connectivity index (χ4v) is 2.04. The van der Waals surface area contributed by atoms with Crippen molar-refractivity contribution in [2.75, 3.05) is 5.73 Å². The Morgan fingerprint density at radius 1 is 1.36 bits per heavy atom. The maximum atomic E-state index is 12.3. The Morgan fingerprint density at radius 3 is 2.29 bits per heavy atom. The number of hydrogen-bond acceptors (Lipinski definition) is 1. The van der Waals surface area contributed by atoms with Crippen LogP contribution in [-0.2, 0) is 12.1 Å². The zero-order chi connectivity index (χ0) is 10.9. The topological polar surface area (TPSA) is 26.0 Å². The fraction of sp³-hybridized carbons (Fsp3) is 0.250. The summed E-state index contributed by atoms with van der Waals surface area (Å²) in [5, 5.41) is 0. The number of hydrogen-bond donors (Lipinski definition) is 1. The van der Waals surface area contributed by atoms with Crippen molar-refractivity contribution >= 4 is 33.2 Å². The number of rotatable bonds is 1. The van der Waals surface area contributed by atoms with Crippen molar-refractivity contribution in [1.82, 2.24) is 0 Å². The molecule has 0 amide bonds. The smallest absolute Gasteiger partial charge is 0.398 e. The second kappa shape index (κ2) is 3.98. The van der Waals surface area contributed by atoms with Crippen LogP contribution in [0.1, 0.15) is 11.1 Å². The van der Waals surface area contributed by atoms with Gasteiger partial charge in [-0.15, -0.1) is 11.6 Å². The molecule has 1 rings (SSSR count). The summed E-state index contributed by atoms with van der Waals surface area (Å²) in [4.78, 5) is 0. The van der Waals surface area contributed by atoms with E-state index in [0.717, 1.165) is 12.1 Å². The van der Waals surface area contributed by atoms with Crippen LogP contribution in [0.5, 0.6) is 0 Å². The first-order chi connectivity index (χ1) is 6.36. The van der Waals surface area contributed by atoms with Gasteiger partial charge in [-0.25, -0.2) is 0 Å². The lowest BCUT2D eigenvalue weighted by atomic mass is 10.1. The van der Waals surface area contributed by atoms with Crippen LogP contribution in [-0.4, -0.2) is 0 Å². The summed E-state index contributed by atoms with van der Waals surface area (Å²) in [7, 11) is 0. The summed E-state index contributed by atoms with van der Waals surface area (Å²) in [5.74, 6) is 0.0740. The Kier molecular flexibility index (Phi) is 3.32. The van der Waals surface area contributed by atoms with Crippen LogP contribution in [0, 0.1) is 0 Å². The zero-order valence-corrected chi connectivity index (χ0v) is 9.17. The Labute approximate surface area is 92.2 Å². The summed E-state index contributed by atoms with van der Waals surface area (Å²) in [6.45, 7) is 0. The highest BCUT2D eigenvalue weighted by molar-refractivity contribution is 9.10. The minimum absolute atomic E-state index is 0.0432. The molecule has 0 aromatic heterocycles. The SMILES string of the molecule is Nc1cc(C(F)(F)F)cc(Br)c1CCl. The van der Waals surface area contributed by atoms with Crippen LogP contribution in [0.25, 0.3) is 0 Å². The van der Waals surface area contributed by atoms with Gasteiger partial charge in [0, 0.05) is 15.7 Å². The van der Waals surface area contributed by atoms with Gasteiger partial charge in [0.25, 0.3) is 0 Å². The molecule has 78 valence electrons. The van der Waals surface area contributed by atoms with Gasteiger partial charge in [0.05, 0.1) is 11.4 Å². The van der Waals surface area contributed by atoms with Crippen molar-refractivity contribution in [3.63, 3.8) is 0 Å². The second-order valence-corrected chi connectivity index (χ2v) is 3.78. The van der Waals surface area contributed by atoms with E-state index in [-0.39, 0.29) is 16.0 Å². The zero-order valence-electron chi connectivity index (χ0n) is 6.83. The Bertz CT molecular complexity index is 328. The van der Waals surface area contributed by atoms with E-state index in [1.54, 1.807) is 0 Å². The monoisotopic (exact) mass is 287 g/mol. The number of anilines is 1. The van der Waals surface area contributed by atoms with Gasteiger partial charge < -0.3 is 5.73 Å². The molecule has 1 aromatic rings. The molecule has 0 fully saturated rings. The van der Waals surface area contributed by atoms with E-state index in [2.05, 4.69) is 15.9 Å². The molecule has 0 heterocycles. The number of alkyl halides is 4. The largest absolute Gasteiger partial charge is 0.416 e. The molecule has 0 aliphatic rings. The van der Waals surface area contributed by atoms with Gasteiger partial charge in [0.2, 0.25) is 0 Å². The summed E-state index contributed by atoms with van der Waals surface area (Å²) in [6.07, 6.45) is -4.39. The van der Waals surface area contributed by atoms with Crippen LogP contribution < -0.4 is 5.73 Å². The van der Waals surface area contributed by atoms with Gasteiger partial charge in [-0.3, -0.25) is 0 Å². The lowest BCUT2D eigenvalue weighted by Gasteiger charge is -2.11.